The van der Waals surface area contributed by atoms with E-state index in [4.69, 9.17) is 0 Å². The summed E-state index contributed by atoms with van der Waals surface area (Å²) in [6.07, 6.45) is 0. The van der Waals surface area contributed by atoms with Crippen LogP contribution in [0.5, 0.6) is 5.88 Å². The Balaban J connectivity index is 2.19. The van der Waals surface area contributed by atoms with Crippen LogP contribution in [0, 0.1) is 17.0 Å². The van der Waals surface area contributed by atoms with Gasteiger partial charge in [0.1, 0.15) is 5.82 Å². The quantitative estimate of drug-likeness (QED) is 0.571. The van der Waals surface area contributed by atoms with Crippen LogP contribution < -0.4 is 10.9 Å². The number of hydrogen-bond acceptors (Lipinski definition) is 6. The molecule has 0 amide bonds. The van der Waals surface area contributed by atoms with Gasteiger partial charge in [-0.05, 0) is 12.5 Å². The maximum atomic E-state index is 11.6. The van der Waals surface area contributed by atoms with Crippen LogP contribution in [0.2, 0.25) is 0 Å². The first-order chi connectivity index (χ1) is 9.47. The van der Waals surface area contributed by atoms with E-state index in [0.29, 0.717) is 11.4 Å². The fraction of sp³-hybridized carbons (Fsp3) is 0.167. The maximum Gasteiger partial charge on any atom is 0.278 e. The third-order valence-corrected chi connectivity index (χ3v) is 2.61. The first kappa shape index (κ1) is 13.5. The number of nitro groups is 1. The number of nitrogens with zero attached hydrogens (tertiary/aromatic N) is 2. The zero-order valence-electron chi connectivity index (χ0n) is 10.6. The molecule has 8 heteroatoms. The molecule has 0 fully saturated rings. The molecule has 20 heavy (non-hydrogen) atoms. The van der Waals surface area contributed by atoms with E-state index in [0.717, 1.165) is 0 Å². The highest BCUT2D eigenvalue weighted by molar-refractivity contribution is 5.50. The number of anilines is 1. The number of H-pyrrole nitrogens is 1. The van der Waals surface area contributed by atoms with Crippen molar-refractivity contribution in [1.82, 2.24) is 9.97 Å². The fourth-order valence-corrected chi connectivity index (χ4v) is 1.70. The van der Waals surface area contributed by atoms with Gasteiger partial charge in [0.2, 0.25) is 5.88 Å². The first-order valence-electron chi connectivity index (χ1n) is 5.74. The Morgan fingerprint density at radius 1 is 1.50 bits per heavy atom. The molecule has 2 rings (SSSR count). The normalized spacial score (nSPS) is 10.2. The molecule has 0 radical (unpaired) electrons. The van der Waals surface area contributed by atoms with Gasteiger partial charge in [-0.3, -0.25) is 14.9 Å². The van der Waals surface area contributed by atoms with Crippen molar-refractivity contribution >= 4 is 11.4 Å². The lowest BCUT2D eigenvalue weighted by Gasteiger charge is -2.07. The zero-order chi connectivity index (χ0) is 14.7. The Kier molecular flexibility index (Phi) is 3.65. The van der Waals surface area contributed by atoms with Gasteiger partial charge >= 0.3 is 0 Å². The van der Waals surface area contributed by atoms with Gasteiger partial charge in [0.05, 0.1) is 4.92 Å². The number of rotatable bonds is 4. The van der Waals surface area contributed by atoms with Gasteiger partial charge in [0.25, 0.3) is 11.2 Å². The van der Waals surface area contributed by atoms with Crippen molar-refractivity contribution in [3.8, 4) is 5.88 Å². The molecule has 1 aromatic carbocycles. The number of hydrogen-bond donors (Lipinski definition) is 3. The minimum Gasteiger partial charge on any atom is -0.492 e. The smallest absolute Gasteiger partial charge is 0.278 e. The summed E-state index contributed by atoms with van der Waals surface area (Å²) in [5.41, 5.74) is 0.00516. The molecule has 0 spiro atoms. The second-order valence-corrected chi connectivity index (χ2v) is 4.13. The van der Waals surface area contributed by atoms with Gasteiger partial charge in [-0.1, -0.05) is 12.1 Å². The molecule has 8 nitrogen and oxygen atoms in total. The molecule has 0 aliphatic rings. The highest BCUT2D eigenvalue weighted by Gasteiger charge is 2.10. The minimum atomic E-state index is -0.500. The summed E-state index contributed by atoms with van der Waals surface area (Å²) in [6.45, 7) is 1.70. The molecule has 0 atom stereocenters. The molecule has 0 bridgehead atoms. The van der Waals surface area contributed by atoms with E-state index in [2.05, 4.69) is 15.3 Å². The Morgan fingerprint density at radius 2 is 2.25 bits per heavy atom. The van der Waals surface area contributed by atoms with Crippen molar-refractivity contribution in [2.75, 3.05) is 5.32 Å². The first-order valence-corrected chi connectivity index (χ1v) is 5.74. The zero-order valence-corrected chi connectivity index (χ0v) is 10.6. The summed E-state index contributed by atoms with van der Waals surface area (Å²) in [5, 5.41) is 23.0. The standard InChI is InChI=1S/C12H12N4O4/c1-7-14-11(17)10(12(18)15-7)13-6-8-3-2-4-9(5-8)16(19)20/h2-5,13H,6H2,1H3,(H2,14,15,17,18). The summed E-state index contributed by atoms with van der Waals surface area (Å²) < 4.78 is 0. The number of aryl methyl sites for hydroxylation is 1. The van der Waals surface area contributed by atoms with Crippen LogP contribution in [0.4, 0.5) is 11.4 Å². The molecule has 0 saturated heterocycles. The topological polar surface area (TPSA) is 121 Å². The minimum absolute atomic E-state index is 0.0375. The molecule has 1 heterocycles. The SMILES string of the molecule is Cc1nc(O)c(NCc2cccc([N+](=O)[O-])c2)c(=O)[nH]1. The summed E-state index contributed by atoms with van der Waals surface area (Å²) >= 11 is 0. The summed E-state index contributed by atoms with van der Waals surface area (Å²) in [4.78, 5) is 28.0. The molecule has 104 valence electrons. The number of non-ortho nitro benzene ring substituents is 1. The molecule has 2 aromatic rings. The van der Waals surface area contributed by atoms with Crippen LogP contribution in [0.15, 0.2) is 29.1 Å². The van der Waals surface area contributed by atoms with Crippen molar-refractivity contribution in [3.63, 3.8) is 0 Å². The number of nitro benzene ring substituents is 1. The Labute approximate surface area is 113 Å². The third kappa shape index (κ3) is 2.91. The monoisotopic (exact) mass is 276 g/mol. The molecule has 1 aromatic heterocycles. The average Bonchev–Trinajstić information content (AvgIpc) is 2.37. The highest BCUT2D eigenvalue weighted by atomic mass is 16.6. The second-order valence-electron chi connectivity index (χ2n) is 4.13. The lowest BCUT2D eigenvalue weighted by Crippen LogP contribution is -2.16. The van der Waals surface area contributed by atoms with Crippen molar-refractivity contribution in [2.24, 2.45) is 0 Å². The van der Waals surface area contributed by atoms with Gasteiger partial charge in [0.15, 0.2) is 5.69 Å². The van der Waals surface area contributed by atoms with Gasteiger partial charge in [-0.25, -0.2) is 0 Å². The summed E-state index contributed by atoms with van der Waals surface area (Å²) in [6, 6.07) is 5.99. The van der Waals surface area contributed by atoms with E-state index in [9.17, 15) is 20.0 Å². The third-order valence-electron chi connectivity index (χ3n) is 2.61. The largest absolute Gasteiger partial charge is 0.492 e. The fourth-order valence-electron chi connectivity index (χ4n) is 1.70. The van der Waals surface area contributed by atoms with E-state index < -0.39 is 16.4 Å². The predicted molar refractivity (Wildman–Crippen MR) is 71.7 cm³/mol. The molecular weight excluding hydrogens is 264 g/mol. The van der Waals surface area contributed by atoms with Crippen molar-refractivity contribution in [1.29, 1.82) is 0 Å². The Morgan fingerprint density at radius 3 is 2.90 bits per heavy atom. The number of aromatic nitrogens is 2. The molecule has 0 saturated carbocycles. The van der Waals surface area contributed by atoms with Gasteiger partial charge in [-0.2, -0.15) is 4.98 Å². The second kappa shape index (κ2) is 5.39. The number of nitrogens with one attached hydrogen (secondary N) is 2. The average molecular weight is 276 g/mol. The summed E-state index contributed by atoms with van der Waals surface area (Å²) in [5.74, 6) is -0.106. The van der Waals surface area contributed by atoms with Crippen molar-refractivity contribution < 1.29 is 10.0 Å². The Bertz CT molecular complexity index is 711. The van der Waals surface area contributed by atoms with E-state index in [1.165, 1.54) is 12.1 Å². The molecular formula is C12H12N4O4. The lowest BCUT2D eigenvalue weighted by atomic mass is 10.2. The molecule has 0 aliphatic carbocycles. The van der Waals surface area contributed by atoms with Crippen LogP contribution in [0.1, 0.15) is 11.4 Å². The number of aromatic hydroxyl groups is 1. The van der Waals surface area contributed by atoms with E-state index in [-0.39, 0.29) is 17.9 Å². The van der Waals surface area contributed by atoms with Crippen LogP contribution in [-0.4, -0.2) is 20.0 Å². The maximum absolute atomic E-state index is 11.6. The van der Waals surface area contributed by atoms with Crippen molar-refractivity contribution in [2.45, 2.75) is 13.5 Å². The lowest BCUT2D eigenvalue weighted by molar-refractivity contribution is -0.384. The molecule has 0 aliphatic heterocycles. The Hall–Kier alpha value is -2.90. The van der Waals surface area contributed by atoms with E-state index in [1.807, 2.05) is 0 Å². The van der Waals surface area contributed by atoms with Crippen LogP contribution in [0.25, 0.3) is 0 Å². The van der Waals surface area contributed by atoms with Gasteiger partial charge in [0, 0.05) is 18.7 Å². The van der Waals surface area contributed by atoms with Gasteiger partial charge < -0.3 is 15.4 Å². The number of aromatic amines is 1. The van der Waals surface area contributed by atoms with Crippen LogP contribution >= 0.6 is 0 Å². The predicted octanol–water partition coefficient (Wildman–Crippen LogP) is 1.30. The molecule has 0 unspecified atom stereocenters. The van der Waals surface area contributed by atoms with Crippen LogP contribution in [0.3, 0.4) is 0 Å². The summed E-state index contributed by atoms with van der Waals surface area (Å²) in [7, 11) is 0. The number of benzene rings is 1. The van der Waals surface area contributed by atoms with Crippen molar-refractivity contribution in [3.05, 3.63) is 56.1 Å². The highest BCUT2D eigenvalue weighted by Crippen LogP contribution is 2.17. The van der Waals surface area contributed by atoms with Crippen LogP contribution in [-0.2, 0) is 6.54 Å². The van der Waals surface area contributed by atoms with Gasteiger partial charge in [-0.15, -0.1) is 0 Å². The van der Waals surface area contributed by atoms with E-state index >= 15 is 0 Å². The van der Waals surface area contributed by atoms with E-state index in [1.54, 1.807) is 19.1 Å². The molecule has 3 N–H and O–H groups in total.